The van der Waals surface area contributed by atoms with Gasteiger partial charge in [-0.15, -0.1) is 0 Å². The fraction of sp³-hybridized carbons (Fsp3) is 0.667. The van der Waals surface area contributed by atoms with Crippen LogP contribution in [-0.4, -0.2) is 27.8 Å². The topological polar surface area (TPSA) is 50.1 Å². The van der Waals surface area contributed by atoms with Gasteiger partial charge in [0, 0.05) is 19.3 Å². The van der Waals surface area contributed by atoms with Crippen molar-refractivity contribution in [3.05, 3.63) is 18.2 Å². The Labute approximate surface area is 78.6 Å². The molecule has 0 bridgehead atoms. The molecule has 0 fully saturated rings. The van der Waals surface area contributed by atoms with Crippen molar-refractivity contribution in [2.75, 3.05) is 13.2 Å². The molecule has 0 aliphatic heterocycles. The molecular formula is C9H17N3O. The van der Waals surface area contributed by atoms with Crippen molar-refractivity contribution in [1.82, 2.24) is 14.9 Å². The largest absolute Gasteiger partial charge is 0.395 e. The predicted octanol–water partition coefficient (Wildman–Crippen LogP) is 0.375. The van der Waals surface area contributed by atoms with E-state index in [0.29, 0.717) is 6.54 Å². The molecule has 0 aromatic carbocycles. The highest BCUT2D eigenvalue weighted by Gasteiger charge is 1.96. The van der Waals surface area contributed by atoms with Gasteiger partial charge in [-0.1, -0.05) is 6.92 Å². The molecule has 1 aromatic rings. The summed E-state index contributed by atoms with van der Waals surface area (Å²) in [6, 6.07) is 0. The number of hydrogen-bond acceptors (Lipinski definition) is 3. The molecule has 0 amide bonds. The molecule has 2 N–H and O–H groups in total. The van der Waals surface area contributed by atoms with E-state index in [0.717, 1.165) is 25.2 Å². The third-order valence-electron chi connectivity index (χ3n) is 1.78. The number of aliphatic hydroxyl groups is 1. The van der Waals surface area contributed by atoms with Gasteiger partial charge in [0.2, 0.25) is 0 Å². The van der Waals surface area contributed by atoms with E-state index in [9.17, 15) is 0 Å². The van der Waals surface area contributed by atoms with Crippen molar-refractivity contribution in [3.8, 4) is 0 Å². The van der Waals surface area contributed by atoms with Gasteiger partial charge in [-0.25, -0.2) is 4.98 Å². The van der Waals surface area contributed by atoms with Gasteiger partial charge in [0.05, 0.1) is 18.6 Å². The average Bonchev–Trinajstić information content (AvgIpc) is 2.54. The summed E-state index contributed by atoms with van der Waals surface area (Å²) in [5, 5.41) is 11.9. The first-order valence-electron chi connectivity index (χ1n) is 4.69. The number of hydrogen-bond donors (Lipinski definition) is 2. The van der Waals surface area contributed by atoms with Crippen LogP contribution in [0.1, 0.15) is 19.0 Å². The Morgan fingerprint density at radius 3 is 3.15 bits per heavy atom. The zero-order chi connectivity index (χ0) is 9.52. The molecule has 4 heteroatoms. The van der Waals surface area contributed by atoms with Crippen LogP contribution in [0.4, 0.5) is 0 Å². The van der Waals surface area contributed by atoms with E-state index >= 15 is 0 Å². The molecule has 1 rings (SSSR count). The lowest BCUT2D eigenvalue weighted by atomic mass is 10.4. The molecule has 1 aromatic heterocycles. The first-order valence-corrected chi connectivity index (χ1v) is 4.69. The summed E-state index contributed by atoms with van der Waals surface area (Å²) in [6.07, 6.45) is 4.84. The summed E-state index contributed by atoms with van der Waals surface area (Å²) in [5.74, 6) is 0. The zero-order valence-corrected chi connectivity index (χ0v) is 8.03. The van der Waals surface area contributed by atoms with Crippen molar-refractivity contribution in [2.24, 2.45) is 0 Å². The first kappa shape index (κ1) is 10.2. The normalized spacial score (nSPS) is 10.6. The minimum absolute atomic E-state index is 0.165. The van der Waals surface area contributed by atoms with Gasteiger partial charge in [0.25, 0.3) is 0 Å². The third-order valence-corrected chi connectivity index (χ3v) is 1.78. The Balaban J connectivity index is 2.31. The van der Waals surface area contributed by atoms with Gasteiger partial charge in [0.1, 0.15) is 0 Å². The second-order valence-corrected chi connectivity index (χ2v) is 3.00. The lowest BCUT2D eigenvalue weighted by molar-refractivity contribution is 0.276. The van der Waals surface area contributed by atoms with Gasteiger partial charge in [-0.2, -0.15) is 0 Å². The van der Waals surface area contributed by atoms with Crippen LogP contribution in [-0.2, 0) is 13.1 Å². The number of aromatic nitrogens is 2. The zero-order valence-electron chi connectivity index (χ0n) is 8.03. The van der Waals surface area contributed by atoms with Crippen molar-refractivity contribution >= 4 is 0 Å². The van der Waals surface area contributed by atoms with Crippen LogP contribution in [0, 0.1) is 0 Å². The molecular weight excluding hydrogens is 166 g/mol. The number of rotatable bonds is 6. The fourth-order valence-electron chi connectivity index (χ4n) is 1.13. The van der Waals surface area contributed by atoms with Crippen molar-refractivity contribution in [3.63, 3.8) is 0 Å². The molecule has 1 heterocycles. The molecule has 13 heavy (non-hydrogen) atoms. The molecule has 0 unspecified atom stereocenters. The number of nitrogens with one attached hydrogen (secondary N) is 1. The molecule has 0 spiro atoms. The molecule has 0 saturated heterocycles. The summed E-state index contributed by atoms with van der Waals surface area (Å²) in [4.78, 5) is 4.20. The molecule has 4 nitrogen and oxygen atoms in total. The standard InChI is InChI=1S/C9H17N3O/c1-2-3-10-6-9-7-12(4-5-13)8-11-9/h7-8,10,13H,2-6H2,1H3. The van der Waals surface area contributed by atoms with Gasteiger partial charge >= 0.3 is 0 Å². The van der Waals surface area contributed by atoms with Crippen molar-refractivity contribution in [1.29, 1.82) is 0 Å². The fourth-order valence-corrected chi connectivity index (χ4v) is 1.13. The maximum absolute atomic E-state index is 8.68. The third kappa shape index (κ3) is 3.57. The Bertz CT molecular complexity index is 235. The molecule has 74 valence electrons. The number of nitrogens with zero attached hydrogens (tertiary/aromatic N) is 2. The molecule has 0 aliphatic rings. The Hall–Kier alpha value is -0.870. The smallest absolute Gasteiger partial charge is 0.0950 e. The number of imidazole rings is 1. The van der Waals surface area contributed by atoms with E-state index in [1.54, 1.807) is 6.33 Å². The van der Waals surface area contributed by atoms with E-state index in [4.69, 9.17) is 5.11 Å². The van der Waals surface area contributed by atoms with Crippen LogP contribution in [0.3, 0.4) is 0 Å². The highest BCUT2D eigenvalue weighted by atomic mass is 16.3. The summed E-state index contributed by atoms with van der Waals surface area (Å²) in [5.41, 5.74) is 1.03. The Morgan fingerprint density at radius 2 is 2.46 bits per heavy atom. The SMILES string of the molecule is CCCNCc1cn(CCO)cn1. The van der Waals surface area contributed by atoms with Crippen LogP contribution < -0.4 is 5.32 Å². The van der Waals surface area contributed by atoms with Crippen LogP contribution in [0.15, 0.2) is 12.5 Å². The van der Waals surface area contributed by atoms with Crippen molar-refractivity contribution < 1.29 is 5.11 Å². The Morgan fingerprint density at radius 1 is 1.62 bits per heavy atom. The van der Waals surface area contributed by atoms with Crippen LogP contribution in [0.5, 0.6) is 0 Å². The molecule has 0 radical (unpaired) electrons. The molecule has 0 atom stereocenters. The maximum Gasteiger partial charge on any atom is 0.0950 e. The maximum atomic E-state index is 8.68. The summed E-state index contributed by atoms with van der Waals surface area (Å²) in [7, 11) is 0. The van der Waals surface area contributed by atoms with E-state index < -0.39 is 0 Å². The average molecular weight is 183 g/mol. The van der Waals surface area contributed by atoms with Crippen molar-refractivity contribution in [2.45, 2.75) is 26.4 Å². The number of aliphatic hydroxyl groups excluding tert-OH is 1. The summed E-state index contributed by atoms with van der Waals surface area (Å²) >= 11 is 0. The molecule has 0 aliphatic carbocycles. The van der Waals surface area contributed by atoms with Crippen LogP contribution in [0.25, 0.3) is 0 Å². The minimum atomic E-state index is 0.165. The van der Waals surface area contributed by atoms with Gasteiger partial charge < -0.3 is 15.0 Å². The van der Waals surface area contributed by atoms with Gasteiger partial charge in [-0.05, 0) is 13.0 Å². The Kier molecular flexibility index (Phi) is 4.49. The minimum Gasteiger partial charge on any atom is -0.395 e. The monoisotopic (exact) mass is 183 g/mol. The highest BCUT2D eigenvalue weighted by molar-refractivity contribution is 4.95. The lowest BCUT2D eigenvalue weighted by Gasteiger charge is -1.98. The predicted molar refractivity (Wildman–Crippen MR) is 51.3 cm³/mol. The second kappa shape index (κ2) is 5.72. The van der Waals surface area contributed by atoms with Crippen LogP contribution >= 0.6 is 0 Å². The van der Waals surface area contributed by atoms with Gasteiger partial charge in [-0.3, -0.25) is 0 Å². The van der Waals surface area contributed by atoms with E-state index in [1.165, 1.54) is 0 Å². The first-order chi connectivity index (χ1) is 6.36. The quantitative estimate of drug-likeness (QED) is 0.627. The summed E-state index contributed by atoms with van der Waals surface area (Å²) < 4.78 is 1.89. The van der Waals surface area contributed by atoms with E-state index in [2.05, 4.69) is 17.2 Å². The molecule has 0 saturated carbocycles. The second-order valence-electron chi connectivity index (χ2n) is 3.00. The van der Waals surface area contributed by atoms with E-state index in [1.807, 2.05) is 10.8 Å². The summed E-state index contributed by atoms with van der Waals surface area (Å²) in [6.45, 7) is 4.76. The van der Waals surface area contributed by atoms with E-state index in [-0.39, 0.29) is 6.61 Å². The van der Waals surface area contributed by atoms with Gasteiger partial charge in [0.15, 0.2) is 0 Å². The van der Waals surface area contributed by atoms with Crippen LogP contribution in [0.2, 0.25) is 0 Å². The lowest BCUT2D eigenvalue weighted by Crippen LogP contribution is -2.13. The highest BCUT2D eigenvalue weighted by Crippen LogP contribution is 1.95.